The van der Waals surface area contributed by atoms with Gasteiger partial charge < -0.3 is 14.8 Å². The molecule has 0 spiro atoms. The molecule has 2 fully saturated rings. The zero-order valence-electron chi connectivity index (χ0n) is 15.5. The quantitative estimate of drug-likeness (QED) is 0.429. The van der Waals surface area contributed by atoms with E-state index in [-0.39, 0.29) is 24.0 Å². The first kappa shape index (κ1) is 19.2. The maximum atomic E-state index is 4.57. The number of guanidine groups is 1. The van der Waals surface area contributed by atoms with Crippen molar-refractivity contribution in [2.75, 3.05) is 20.1 Å². The summed E-state index contributed by atoms with van der Waals surface area (Å²) in [7, 11) is 1.90. The highest BCUT2D eigenvalue weighted by atomic mass is 127. The lowest BCUT2D eigenvalue weighted by atomic mass is 9.93. The summed E-state index contributed by atoms with van der Waals surface area (Å²) in [5.74, 6) is 2.31. The van der Waals surface area contributed by atoms with E-state index >= 15 is 0 Å². The Kier molecular flexibility index (Phi) is 6.21. The van der Waals surface area contributed by atoms with Crippen LogP contribution < -0.4 is 5.32 Å². The lowest BCUT2D eigenvalue weighted by Crippen LogP contribution is -2.49. The van der Waals surface area contributed by atoms with Crippen molar-refractivity contribution in [2.24, 2.45) is 10.9 Å². The van der Waals surface area contributed by atoms with Gasteiger partial charge in [-0.3, -0.25) is 4.99 Å². The molecule has 0 amide bonds. The number of rotatable bonds is 3. The van der Waals surface area contributed by atoms with E-state index < -0.39 is 0 Å². The number of hydrogen-bond acceptors (Lipinski definition) is 2. The van der Waals surface area contributed by atoms with Crippen LogP contribution in [0.1, 0.15) is 37.3 Å². The number of nitrogens with one attached hydrogen (secondary N) is 1. The largest absolute Gasteiger partial charge is 0.353 e. The van der Waals surface area contributed by atoms with Crippen LogP contribution in [-0.2, 0) is 0 Å². The van der Waals surface area contributed by atoms with Crippen molar-refractivity contribution in [2.45, 2.75) is 37.8 Å². The Hall–Kier alpha value is -1.57. The van der Waals surface area contributed by atoms with Crippen molar-refractivity contribution in [1.29, 1.82) is 0 Å². The zero-order chi connectivity index (χ0) is 17.2. The summed E-state index contributed by atoms with van der Waals surface area (Å²) in [5, 5.41) is 3.69. The smallest absolute Gasteiger partial charge is 0.193 e. The van der Waals surface area contributed by atoms with E-state index in [1.807, 2.05) is 19.6 Å². The Morgan fingerprint density at radius 1 is 1.27 bits per heavy atom. The molecule has 2 aromatic rings. The van der Waals surface area contributed by atoms with Gasteiger partial charge in [0.2, 0.25) is 0 Å². The van der Waals surface area contributed by atoms with Crippen LogP contribution in [0.5, 0.6) is 0 Å². The summed E-state index contributed by atoms with van der Waals surface area (Å²) in [6, 6.07) is 11.8. The predicted octanol–water partition coefficient (Wildman–Crippen LogP) is 3.52. The van der Waals surface area contributed by atoms with Gasteiger partial charge in [-0.25, -0.2) is 4.98 Å². The standard InChI is InChI=1S/C20H27N5.HI/c1-15-8-10-24(13-19(15)25-11-9-22-14-25)20(21-2)23-18-12-17(18)16-6-4-3-5-7-16;/h3-7,9,11,14-15,17-19H,8,10,12-13H2,1-2H3,(H,21,23);1H. The third kappa shape index (κ3) is 4.05. The lowest BCUT2D eigenvalue weighted by Gasteiger charge is -2.39. The van der Waals surface area contributed by atoms with Crippen molar-refractivity contribution < 1.29 is 0 Å². The molecule has 1 aliphatic carbocycles. The van der Waals surface area contributed by atoms with Crippen molar-refractivity contribution >= 4 is 29.9 Å². The summed E-state index contributed by atoms with van der Waals surface area (Å²) in [5.41, 5.74) is 1.43. The SMILES string of the molecule is CN=C(NC1CC1c1ccccc1)N1CCC(C)C(n2ccnc2)C1.I. The molecule has 4 atom stereocenters. The molecular formula is C20H28IN5. The Bertz CT molecular complexity index is 715. The van der Waals surface area contributed by atoms with E-state index in [0.717, 1.165) is 19.0 Å². The number of likely N-dealkylation sites (tertiary alicyclic amines) is 1. The molecule has 1 aromatic carbocycles. The van der Waals surface area contributed by atoms with Crippen LogP contribution in [0.4, 0.5) is 0 Å². The number of benzene rings is 1. The first-order valence-corrected chi connectivity index (χ1v) is 9.27. The van der Waals surface area contributed by atoms with Crippen molar-refractivity contribution in [3.63, 3.8) is 0 Å². The minimum absolute atomic E-state index is 0. The van der Waals surface area contributed by atoms with Crippen molar-refractivity contribution in [1.82, 2.24) is 19.8 Å². The van der Waals surface area contributed by atoms with Gasteiger partial charge in [0.05, 0.1) is 12.4 Å². The molecule has 0 radical (unpaired) electrons. The summed E-state index contributed by atoms with van der Waals surface area (Å²) in [6.45, 7) is 4.39. The maximum Gasteiger partial charge on any atom is 0.193 e. The molecule has 1 aromatic heterocycles. The topological polar surface area (TPSA) is 45.5 Å². The Morgan fingerprint density at radius 2 is 2.08 bits per heavy atom. The fourth-order valence-electron chi connectivity index (χ4n) is 3.98. The minimum atomic E-state index is 0. The summed E-state index contributed by atoms with van der Waals surface area (Å²) < 4.78 is 2.24. The molecule has 5 nitrogen and oxygen atoms in total. The Balaban J connectivity index is 0.00000196. The number of aromatic nitrogens is 2. The second-order valence-corrected chi connectivity index (χ2v) is 7.34. The molecule has 1 saturated carbocycles. The number of aliphatic imine (C=N–C) groups is 1. The van der Waals surface area contributed by atoms with Crippen molar-refractivity contribution in [3.8, 4) is 0 Å². The molecule has 4 unspecified atom stereocenters. The fourth-order valence-corrected chi connectivity index (χ4v) is 3.98. The normalized spacial score (nSPS) is 28.4. The van der Waals surface area contributed by atoms with E-state index in [0.29, 0.717) is 23.9 Å². The summed E-state index contributed by atoms with van der Waals surface area (Å²) in [6.07, 6.45) is 8.25. The molecule has 1 saturated heterocycles. The van der Waals surface area contributed by atoms with Gasteiger partial charge in [0, 0.05) is 44.5 Å². The molecule has 6 heteroatoms. The summed E-state index contributed by atoms with van der Waals surface area (Å²) >= 11 is 0. The first-order valence-electron chi connectivity index (χ1n) is 9.27. The van der Waals surface area contributed by atoms with Crippen LogP contribution in [0.3, 0.4) is 0 Å². The van der Waals surface area contributed by atoms with Gasteiger partial charge in [0.1, 0.15) is 0 Å². The molecule has 2 aliphatic rings. The van der Waals surface area contributed by atoms with Gasteiger partial charge in [-0.05, 0) is 24.3 Å². The van der Waals surface area contributed by atoms with E-state index in [1.54, 1.807) is 0 Å². The number of nitrogens with zero attached hydrogens (tertiary/aromatic N) is 4. The lowest BCUT2D eigenvalue weighted by molar-refractivity contribution is 0.189. The van der Waals surface area contributed by atoms with Gasteiger partial charge in [-0.1, -0.05) is 37.3 Å². The van der Waals surface area contributed by atoms with Crippen LogP contribution >= 0.6 is 24.0 Å². The van der Waals surface area contributed by atoms with Gasteiger partial charge in [-0.15, -0.1) is 24.0 Å². The molecule has 26 heavy (non-hydrogen) atoms. The van der Waals surface area contributed by atoms with Crippen LogP contribution in [0, 0.1) is 5.92 Å². The van der Waals surface area contributed by atoms with Gasteiger partial charge in [0.15, 0.2) is 5.96 Å². The van der Waals surface area contributed by atoms with E-state index in [1.165, 1.54) is 18.4 Å². The molecule has 2 heterocycles. The first-order chi connectivity index (χ1) is 12.3. The molecule has 1 N–H and O–H groups in total. The molecular weight excluding hydrogens is 437 g/mol. The third-order valence-corrected chi connectivity index (χ3v) is 5.67. The molecule has 1 aliphatic heterocycles. The van der Waals surface area contributed by atoms with Crippen LogP contribution in [0.25, 0.3) is 0 Å². The summed E-state index contributed by atoms with van der Waals surface area (Å²) in [4.78, 5) is 11.2. The third-order valence-electron chi connectivity index (χ3n) is 5.67. The Morgan fingerprint density at radius 3 is 2.77 bits per heavy atom. The second kappa shape index (κ2) is 8.41. The van der Waals surface area contributed by atoms with Crippen LogP contribution in [0.2, 0.25) is 0 Å². The average molecular weight is 465 g/mol. The van der Waals surface area contributed by atoms with Crippen LogP contribution in [-0.4, -0.2) is 46.6 Å². The van der Waals surface area contributed by atoms with Crippen molar-refractivity contribution in [3.05, 3.63) is 54.6 Å². The van der Waals surface area contributed by atoms with E-state index in [4.69, 9.17) is 0 Å². The number of hydrogen-bond donors (Lipinski definition) is 1. The predicted molar refractivity (Wildman–Crippen MR) is 116 cm³/mol. The number of imidazole rings is 1. The average Bonchev–Trinajstić information content (AvgIpc) is 3.21. The number of halogens is 1. The van der Waals surface area contributed by atoms with Crippen LogP contribution in [0.15, 0.2) is 54.0 Å². The number of piperidine rings is 1. The molecule has 140 valence electrons. The maximum absolute atomic E-state index is 4.57. The second-order valence-electron chi connectivity index (χ2n) is 7.34. The minimum Gasteiger partial charge on any atom is -0.353 e. The van der Waals surface area contributed by atoms with E-state index in [9.17, 15) is 0 Å². The highest BCUT2D eigenvalue weighted by Gasteiger charge is 2.40. The van der Waals surface area contributed by atoms with Gasteiger partial charge in [0.25, 0.3) is 0 Å². The fraction of sp³-hybridized carbons (Fsp3) is 0.500. The molecule has 0 bridgehead atoms. The van der Waals surface area contributed by atoms with Gasteiger partial charge in [-0.2, -0.15) is 0 Å². The highest BCUT2D eigenvalue weighted by Crippen LogP contribution is 2.40. The van der Waals surface area contributed by atoms with Gasteiger partial charge >= 0.3 is 0 Å². The monoisotopic (exact) mass is 465 g/mol. The Labute approximate surface area is 172 Å². The van der Waals surface area contributed by atoms with E-state index in [2.05, 4.69) is 68.2 Å². The zero-order valence-corrected chi connectivity index (χ0v) is 17.8. The molecule has 4 rings (SSSR count). The highest BCUT2D eigenvalue weighted by molar-refractivity contribution is 14.0.